The molecule has 2 heterocycles. The number of thiocarbonyl (C=S) groups is 1. The number of aromatic nitrogens is 1. The van der Waals surface area contributed by atoms with E-state index in [-0.39, 0.29) is 25.7 Å². The van der Waals surface area contributed by atoms with Gasteiger partial charge in [0.1, 0.15) is 12.3 Å². The summed E-state index contributed by atoms with van der Waals surface area (Å²) < 4.78 is 18.1. The van der Waals surface area contributed by atoms with Gasteiger partial charge >= 0.3 is 11.9 Å². The van der Waals surface area contributed by atoms with Crippen LogP contribution in [0.3, 0.4) is 0 Å². The molecule has 4 rings (SSSR count). The number of amides is 1. The molecule has 0 radical (unpaired) electrons. The predicted octanol–water partition coefficient (Wildman–Crippen LogP) is 3.40. The lowest BCUT2D eigenvalue weighted by atomic mass is 9.95. The molecule has 0 saturated heterocycles. The molecule has 0 unspecified atom stereocenters. The molecular formula is C30H33N5O6S. The third-order valence-electron chi connectivity index (χ3n) is 6.61. The van der Waals surface area contributed by atoms with E-state index in [4.69, 9.17) is 26.4 Å². The lowest BCUT2D eigenvalue weighted by Crippen LogP contribution is -2.45. The Kier molecular flexibility index (Phi) is 9.92. The van der Waals surface area contributed by atoms with Crippen LogP contribution in [0, 0.1) is 6.92 Å². The summed E-state index contributed by atoms with van der Waals surface area (Å²) >= 11 is 5.32. The van der Waals surface area contributed by atoms with Crippen LogP contribution in [-0.4, -0.2) is 53.6 Å². The number of fused-ring (bicyclic) bond motifs is 1. The Hall–Kier alpha value is -4.71. The third kappa shape index (κ3) is 6.77. The largest absolute Gasteiger partial charge is 0.483 e. The Morgan fingerprint density at radius 2 is 1.76 bits per heavy atom. The van der Waals surface area contributed by atoms with E-state index >= 15 is 0 Å². The maximum absolute atomic E-state index is 12.8. The van der Waals surface area contributed by atoms with Gasteiger partial charge in [-0.2, -0.15) is 5.10 Å². The fraction of sp³-hybridized carbons (Fsp3) is 0.300. The molecule has 0 spiro atoms. The second kappa shape index (κ2) is 13.8. The van der Waals surface area contributed by atoms with Crippen molar-refractivity contribution in [1.29, 1.82) is 0 Å². The van der Waals surface area contributed by atoms with Gasteiger partial charge in [-0.1, -0.05) is 36.4 Å². The van der Waals surface area contributed by atoms with Crippen LogP contribution in [0.4, 0.5) is 0 Å². The van der Waals surface area contributed by atoms with E-state index in [9.17, 15) is 14.4 Å². The molecule has 11 nitrogen and oxygen atoms in total. The number of hydrazone groups is 1. The zero-order chi connectivity index (χ0) is 30.2. The molecule has 12 heteroatoms. The van der Waals surface area contributed by atoms with Crippen LogP contribution in [0.25, 0.3) is 10.9 Å². The Morgan fingerprint density at radius 1 is 1.05 bits per heavy atom. The molecule has 3 aromatic rings. The minimum Gasteiger partial charge on any atom is -0.483 e. The van der Waals surface area contributed by atoms with Gasteiger partial charge in [-0.25, -0.2) is 10.2 Å². The van der Waals surface area contributed by atoms with Crippen molar-refractivity contribution < 1.29 is 28.6 Å². The first-order chi connectivity index (χ1) is 20.2. The van der Waals surface area contributed by atoms with Crippen LogP contribution in [0.2, 0.25) is 0 Å². The lowest BCUT2D eigenvalue weighted by Gasteiger charge is -2.30. The van der Waals surface area contributed by atoms with Crippen molar-refractivity contribution in [3.63, 3.8) is 0 Å². The van der Waals surface area contributed by atoms with E-state index in [0.29, 0.717) is 34.3 Å². The molecule has 220 valence electrons. The van der Waals surface area contributed by atoms with E-state index in [1.54, 1.807) is 51.3 Å². The standard InChI is InChI=1S/C30H33N5O6S/c1-5-39-26(37)16-35-19(4)22(20-11-7-9-13-23(20)35)15-31-34-25(36)17-41-24-14-10-8-12-21(24)28-27(29(38)40-6-2)18(3)32-30(42)33-28/h7-15,28H,5-6,16-17H2,1-4H3,(H,34,36)(H2,32,33,42)/t28-/m1/s1. The highest BCUT2D eigenvalue weighted by Crippen LogP contribution is 2.33. The van der Waals surface area contributed by atoms with Crippen molar-refractivity contribution in [1.82, 2.24) is 20.6 Å². The maximum atomic E-state index is 12.8. The van der Waals surface area contributed by atoms with E-state index < -0.39 is 17.9 Å². The number of carbonyl (C=O) groups is 3. The topological polar surface area (TPSA) is 132 Å². The third-order valence-corrected chi connectivity index (χ3v) is 6.83. The molecule has 3 N–H and O–H groups in total. The van der Waals surface area contributed by atoms with Crippen LogP contribution in [0.1, 0.15) is 43.6 Å². The second-order valence-electron chi connectivity index (χ2n) is 9.32. The lowest BCUT2D eigenvalue weighted by molar-refractivity contribution is -0.143. The molecule has 1 aliphatic heterocycles. The molecule has 0 aliphatic carbocycles. The van der Waals surface area contributed by atoms with Gasteiger partial charge in [0.15, 0.2) is 11.7 Å². The van der Waals surface area contributed by atoms with Crippen LogP contribution < -0.4 is 20.8 Å². The summed E-state index contributed by atoms with van der Waals surface area (Å²) in [6, 6.07) is 14.1. The van der Waals surface area contributed by atoms with Crippen molar-refractivity contribution in [2.24, 2.45) is 5.10 Å². The number of nitrogens with one attached hydrogen (secondary N) is 3. The van der Waals surface area contributed by atoms with Crippen molar-refractivity contribution >= 4 is 52.3 Å². The normalized spacial score (nSPS) is 14.9. The number of hydrogen-bond donors (Lipinski definition) is 3. The van der Waals surface area contributed by atoms with E-state index in [0.717, 1.165) is 22.2 Å². The first-order valence-electron chi connectivity index (χ1n) is 13.5. The molecule has 2 aromatic carbocycles. The molecular weight excluding hydrogens is 558 g/mol. The molecule has 0 saturated carbocycles. The van der Waals surface area contributed by atoms with Gasteiger partial charge in [0.2, 0.25) is 0 Å². The van der Waals surface area contributed by atoms with Gasteiger partial charge in [-0.3, -0.25) is 9.59 Å². The molecule has 0 bridgehead atoms. The first kappa shape index (κ1) is 30.3. The Morgan fingerprint density at radius 3 is 2.52 bits per heavy atom. The van der Waals surface area contributed by atoms with Gasteiger partial charge in [0.25, 0.3) is 5.91 Å². The molecule has 1 amide bonds. The fourth-order valence-corrected chi connectivity index (χ4v) is 5.03. The number of allylic oxidation sites excluding steroid dienone is 1. The number of nitrogens with zero attached hydrogens (tertiary/aromatic N) is 2. The number of hydrogen-bond acceptors (Lipinski definition) is 8. The van der Waals surface area contributed by atoms with Gasteiger partial charge < -0.3 is 29.4 Å². The number of benzene rings is 2. The van der Waals surface area contributed by atoms with Gasteiger partial charge in [-0.05, 0) is 52.0 Å². The van der Waals surface area contributed by atoms with Crippen LogP contribution in [0.15, 0.2) is 64.9 Å². The summed E-state index contributed by atoms with van der Waals surface area (Å²) in [6.45, 7) is 7.38. The Labute approximate surface area is 248 Å². The van der Waals surface area contributed by atoms with Crippen LogP contribution in [-0.2, 0) is 30.4 Å². The first-order valence-corrected chi connectivity index (χ1v) is 13.9. The smallest absolute Gasteiger partial charge is 0.338 e. The Balaban J connectivity index is 1.48. The number of ether oxygens (including phenoxy) is 3. The quantitative estimate of drug-likeness (QED) is 0.133. The fourth-order valence-electron chi connectivity index (χ4n) is 4.76. The number of rotatable bonds is 11. The minimum absolute atomic E-state index is 0.0663. The molecule has 1 atom stereocenters. The van der Waals surface area contributed by atoms with Crippen molar-refractivity contribution in [3.05, 3.63) is 76.6 Å². The molecule has 42 heavy (non-hydrogen) atoms. The summed E-state index contributed by atoms with van der Waals surface area (Å²) in [5.41, 5.74) is 6.48. The zero-order valence-corrected chi connectivity index (χ0v) is 24.7. The highest BCUT2D eigenvalue weighted by molar-refractivity contribution is 7.80. The van der Waals surface area contributed by atoms with Gasteiger partial charge in [0, 0.05) is 33.4 Å². The van der Waals surface area contributed by atoms with E-state index in [2.05, 4.69) is 21.2 Å². The molecule has 1 aromatic heterocycles. The van der Waals surface area contributed by atoms with Crippen LogP contribution >= 0.6 is 12.2 Å². The van der Waals surface area contributed by atoms with E-state index in [1.807, 2.05) is 35.8 Å². The summed E-state index contributed by atoms with van der Waals surface area (Å²) in [4.78, 5) is 37.6. The summed E-state index contributed by atoms with van der Waals surface area (Å²) in [6.07, 6.45) is 1.55. The van der Waals surface area contributed by atoms with Gasteiger partial charge in [-0.15, -0.1) is 0 Å². The van der Waals surface area contributed by atoms with Crippen molar-refractivity contribution in [3.8, 4) is 5.75 Å². The number of esters is 2. The number of para-hydroxylation sites is 2. The Bertz CT molecular complexity index is 1580. The monoisotopic (exact) mass is 591 g/mol. The average molecular weight is 592 g/mol. The average Bonchev–Trinajstić information content (AvgIpc) is 3.22. The van der Waals surface area contributed by atoms with Gasteiger partial charge in [0.05, 0.1) is 31.0 Å². The van der Waals surface area contributed by atoms with Crippen LogP contribution in [0.5, 0.6) is 5.75 Å². The second-order valence-corrected chi connectivity index (χ2v) is 9.73. The molecule has 0 fully saturated rings. The van der Waals surface area contributed by atoms with Crippen molar-refractivity contribution in [2.75, 3.05) is 19.8 Å². The van der Waals surface area contributed by atoms with Crippen molar-refractivity contribution in [2.45, 2.75) is 40.3 Å². The summed E-state index contributed by atoms with van der Waals surface area (Å²) in [5.74, 6) is -0.910. The van der Waals surface area contributed by atoms with E-state index in [1.165, 1.54) is 0 Å². The zero-order valence-electron chi connectivity index (χ0n) is 23.9. The highest BCUT2D eigenvalue weighted by atomic mass is 32.1. The summed E-state index contributed by atoms with van der Waals surface area (Å²) in [5, 5.41) is 11.4. The number of carbonyl (C=O) groups excluding carboxylic acids is 3. The molecule has 1 aliphatic rings. The predicted molar refractivity (Wildman–Crippen MR) is 162 cm³/mol. The maximum Gasteiger partial charge on any atom is 0.338 e. The minimum atomic E-state index is -0.634. The summed E-state index contributed by atoms with van der Waals surface area (Å²) in [7, 11) is 0. The SMILES string of the molecule is CCOC(=O)Cn1c(C)c(C=NNC(=O)COc2ccccc2[C@H]2NC(=S)NC(C)=C2C(=O)OCC)c2ccccc21. The highest BCUT2D eigenvalue weighted by Gasteiger charge is 2.32.